The molecule has 14 nitrogen and oxygen atoms in total. The molecule has 0 radical (unpaired) electrons. The van der Waals surface area contributed by atoms with Crippen LogP contribution in [0.5, 0.6) is 0 Å². The van der Waals surface area contributed by atoms with Crippen LogP contribution in [0.1, 0.15) is 33.1 Å². The van der Waals surface area contributed by atoms with Gasteiger partial charge in [0.15, 0.2) is 12.6 Å². The number of ether oxygens (including phenoxy) is 4. The molecule has 0 aromatic carbocycles. The fourth-order valence-corrected chi connectivity index (χ4v) is 3.62. The number of carbonyl (C=O) groups is 2. The fourth-order valence-electron chi connectivity index (χ4n) is 3.62. The van der Waals surface area contributed by atoms with Gasteiger partial charge in [0, 0.05) is 25.9 Å². The van der Waals surface area contributed by atoms with E-state index in [1.54, 1.807) is 0 Å². The standard InChI is InChI=1S/C21H38N2O12/c1-10-14(26)16(28)18(30)20(34-10)32-8-6-22-12(24)4-3-5-13(25)23-7-9-33-21-19(31)17(29)15(27)11(2)35-21/h10-11,14-21,26-31H,3-9H2,1-2H3,(H,22,24)(H,23,25)/t10-,11-,14+,15+,16+,17+,18-,19-,20+,21+/m0/s1. The Morgan fingerprint density at radius 2 is 1.03 bits per heavy atom. The molecule has 14 heteroatoms. The molecule has 2 rings (SSSR count). The lowest BCUT2D eigenvalue weighted by molar-refractivity contribution is -0.292. The summed E-state index contributed by atoms with van der Waals surface area (Å²) in [5.74, 6) is -0.589. The largest absolute Gasteiger partial charge is 0.388 e. The van der Waals surface area contributed by atoms with Crippen molar-refractivity contribution >= 4 is 11.8 Å². The number of nitrogens with one attached hydrogen (secondary N) is 2. The molecule has 0 aromatic heterocycles. The Hall–Kier alpha value is -1.46. The Balaban J connectivity index is 1.50. The van der Waals surface area contributed by atoms with Gasteiger partial charge in [0.2, 0.25) is 11.8 Å². The van der Waals surface area contributed by atoms with Crippen molar-refractivity contribution in [2.45, 2.75) is 94.5 Å². The van der Waals surface area contributed by atoms with Crippen LogP contribution in [0.4, 0.5) is 0 Å². The van der Waals surface area contributed by atoms with Crippen molar-refractivity contribution in [3.05, 3.63) is 0 Å². The molecule has 0 spiro atoms. The van der Waals surface area contributed by atoms with E-state index in [0.29, 0.717) is 6.42 Å². The first-order valence-electron chi connectivity index (χ1n) is 11.7. The van der Waals surface area contributed by atoms with Gasteiger partial charge in [-0.25, -0.2) is 0 Å². The Labute approximate surface area is 203 Å². The van der Waals surface area contributed by atoms with Crippen molar-refractivity contribution in [2.75, 3.05) is 26.3 Å². The van der Waals surface area contributed by atoms with Crippen molar-refractivity contribution < 1.29 is 59.2 Å². The predicted octanol–water partition coefficient (Wildman–Crippen LogP) is -3.92. The van der Waals surface area contributed by atoms with Gasteiger partial charge in [0.25, 0.3) is 0 Å². The highest BCUT2D eigenvalue weighted by Gasteiger charge is 2.43. The first-order valence-corrected chi connectivity index (χ1v) is 11.7. The van der Waals surface area contributed by atoms with Crippen LogP contribution in [0.15, 0.2) is 0 Å². The molecule has 0 bridgehead atoms. The molecule has 2 amide bonds. The van der Waals surface area contributed by atoms with Gasteiger partial charge >= 0.3 is 0 Å². The Bertz CT molecular complexity index is 616. The first kappa shape index (κ1) is 29.8. The Morgan fingerprint density at radius 1 is 0.657 bits per heavy atom. The van der Waals surface area contributed by atoms with Gasteiger partial charge in [-0.05, 0) is 20.3 Å². The average Bonchev–Trinajstić information content (AvgIpc) is 2.82. The van der Waals surface area contributed by atoms with Crippen molar-refractivity contribution in [3.63, 3.8) is 0 Å². The van der Waals surface area contributed by atoms with E-state index in [1.807, 2.05) is 0 Å². The van der Waals surface area contributed by atoms with Crippen LogP contribution in [-0.2, 0) is 28.5 Å². The van der Waals surface area contributed by atoms with Gasteiger partial charge in [-0.1, -0.05) is 0 Å². The van der Waals surface area contributed by atoms with Crippen molar-refractivity contribution in [3.8, 4) is 0 Å². The second-order valence-electron chi connectivity index (χ2n) is 8.66. The van der Waals surface area contributed by atoms with Crippen molar-refractivity contribution in [1.29, 1.82) is 0 Å². The highest BCUT2D eigenvalue weighted by molar-refractivity contribution is 5.78. The van der Waals surface area contributed by atoms with Gasteiger partial charge in [-0.15, -0.1) is 0 Å². The number of aliphatic hydroxyl groups excluding tert-OH is 6. The lowest BCUT2D eigenvalue weighted by Crippen LogP contribution is -2.57. The minimum Gasteiger partial charge on any atom is -0.388 e. The number of aliphatic hydroxyl groups is 6. The maximum absolute atomic E-state index is 11.9. The van der Waals surface area contributed by atoms with E-state index < -0.39 is 61.4 Å². The van der Waals surface area contributed by atoms with E-state index in [4.69, 9.17) is 18.9 Å². The lowest BCUT2D eigenvalue weighted by Gasteiger charge is -2.38. The van der Waals surface area contributed by atoms with E-state index >= 15 is 0 Å². The summed E-state index contributed by atoms with van der Waals surface area (Å²) >= 11 is 0. The van der Waals surface area contributed by atoms with Crippen LogP contribution in [-0.4, -0.2) is 130 Å². The Morgan fingerprint density at radius 3 is 1.40 bits per heavy atom. The molecule has 8 N–H and O–H groups in total. The molecule has 2 aliphatic heterocycles. The minimum atomic E-state index is -1.41. The summed E-state index contributed by atoms with van der Waals surface area (Å²) in [5, 5.41) is 63.7. The molecule has 204 valence electrons. The maximum Gasteiger partial charge on any atom is 0.220 e. The Kier molecular flexibility index (Phi) is 12.2. The molecular weight excluding hydrogens is 472 g/mol. The highest BCUT2D eigenvalue weighted by atomic mass is 16.7. The number of hydrogen-bond donors (Lipinski definition) is 8. The van der Waals surface area contributed by atoms with E-state index in [2.05, 4.69) is 10.6 Å². The summed E-state index contributed by atoms with van der Waals surface area (Å²) in [5.41, 5.74) is 0. The SMILES string of the molecule is C[C@@H]1O[C@@H](OCCNC(=O)CCCC(=O)NCCO[C@@H]2O[C@@H](C)[C@@H](O)[C@@H](O)[C@@H]2O)[C@@H](O)[C@H](O)[C@@H]1O. The zero-order valence-corrected chi connectivity index (χ0v) is 19.9. The molecule has 10 atom stereocenters. The van der Waals surface area contributed by atoms with Crippen LogP contribution in [0, 0.1) is 0 Å². The van der Waals surface area contributed by atoms with E-state index in [9.17, 15) is 40.2 Å². The minimum absolute atomic E-state index is 0.0116. The van der Waals surface area contributed by atoms with Crippen LogP contribution in [0.25, 0.3) is 0 Å². The van der Waals surface area contributed by atoms with Gasteiger partial charge in [-0.3, -0.25) is 9.59 Å². The number of hydrogen-bond acceptors (Lipinski definition) is 12. The number of carbonyl (C=O) groups excluding carboxylic acids is 2. The summed E-state index contributed by atoms with van der Waals surface area (Å²) in [6, 6.07) is 0. The summed E-state index contributed by atoms with van der Waals surface area (Å²) in [6.07, 6.45) is -11.2. The third-order valence-corrected chi connectivity index (χ3v) is 5.84. The highest BCUT2D eigenvalue weighted by Crippen LogP contribution is 2.22. The normalized spacial score (nSPS) is 37.6. The molecule has 2 fully saturated rings. The quantitative estimate of drug-likeness (QED) is 0.118. The lowest BCUT2D eigenvalue weighted by atomic mass is 10.0. The van der Waals surface area contributed by atoms with Crippen molar-refractivity contribution in [1.82, 2.24) is 10.6 Å². The molecule has 0 unspecified atom stereocenters. The maximum atomic E-state index is 11.9. The van der Waals surface area contributed by atoms with E-state index in [0.717, 1.165) is 0 Å². The second-order valence-corrected chi connectivity index (χ2v) is 8.66. The monoisotopic (exact) mass is 510 g/mol. The van der Waals surface area contributed by atoms with Gasteiger partial charge < -0.3 is 60.2 Å². The van der Waals surface area contributed by atoms with Crippen molar-refractivity contribution in [2.24, 2.45) is 0 Å². The smallest absolute Gasteiger partial charge is 0.220 e. The first-order chi connectivity index (χ1) is 16.5. The van der Waals surface area contributed by atoms with Crippen LogP contribution in [0.2, 0.25) is 0 Å². The molecule has 0 saturated carbocycles. The average molecular weight is 511 g/mol. The zero-order chi connectivity index (χ0) is 26.1. The van der Waals surface area contributed by atoms with Gasteiger partial charge in [0.05, 0.1) is 25.4 Å². The predicted molar refractivity (Wildman–Crippen MR) is 116 cm³/mol. The molecule has 2 saturated heterocycles. The summed E-state index contributed by atoms with van der Waals surface area (Å²) in [6.45, 7) is 3.35. The molecule has 35 heavy (non-hydrogen) atoms. The van der Waals surface area contributed by atoms with E-state index in [1.165, 1.54) is 13.8 Å². The molecule has 0 aliphatic carbocycles. The molecule has 2 aliphatic rings. The van der Waals surface area contributed by atoms with Crippen LogP contribution in [0.3, 0.4) is 0 Å². The summed E-state index contributed by atoms with van der Waals surface area (Å²) in [7, 11) is 0. The second kappa shape index (κ2) is 14.3. The summed E-state index contributed by atoms with van der Waals surface area (Å²) in [4.78, 5) is 23.8. The topological polar surface area (TPSA) is 216 Å². The zero-order valence-electron chi connectivity index (χ0n) is 19.9. The third kappa shape index (κ3) is 8.86. The van der Waals surface area contributed by atoms with Gasteiger partial charge in [0.1, 0.15) is 36.6 Å². The molecule has 2 heterocycles. The van der Waals surface area contributed by atoms with E-state index in [-0.39, 0.29) is 51.0 Å². The third-order valence-electron chi connectivity index (χ3n) is 5.84. The van der Waals surface area contributed by atoms with Gasteiger partial charge in [-0.2, -0.15) is 0 Å². The number of rotatable bonds is 12. The van der Waals surface area contributed by atoms with Crippen LogP contribution >= 0.6 is 0 Å². The van der Waals surface area contributed by atoms with Crippen LogP contribution < -0.4 is 10.6 Å². The molecular formula is C21H38N2O12. The number of amides is 2. The summed E-state index contributed by atoms with van der Waals surface area (Å²) < 4.78 is 21.2. The fraction of sp³-hybridized carbons (Fsp3) is 0.905. The molecule has 0 aromatic rings.